The van der Waals surface area contributed by atoms with Crippen molar-refractivity contribution in [1.82, 2.24) is 0 Å². The molecule has 0 bridgehead atoms. The highest BCUT2D eigenvalue weighted by molar-refractivity contribution is 9.10. The molecular weight excluding hydrogens is 312 g/mol. The Balaban J connectivity index is 2.10. The van der Waals surface area contributed by atoms with Crippen LogP contribution in [0.2, 0.25) is 0 Å². The Morgan fingerprint density at radius 2 is 1.28 bits per heavy atom. The molecule has 0 amide bonds. The van der Waals surface area contributed by atoms with Crippen LogP contribution in [0.5, 0.6) is 0 Å². The van der Waals surface area contributed by atoms with Crippen molar-refractivity contribution in [2.75, 3.05) is 0 Å². The van der Waals surface area contributed by atoms with Gasteiger partial charge in [0.1, 0.15) is 0 Å². The predicted octanol–water partition coefficient (Wildman–Crippen LogP) is 3.56. The summed E-state index contributed by atoms with van der Waals surface area (Å²) in [5.41, 5.74) is 1.64. The van der Waals surface area contributed by atoms with E-state index in [1.807, 2.05) is 54.6 Å². The van der Waals surface area contributed by atoms with E-state index in [0.717, 1.165) is 15.6 Å². The third kappa shape index (κ3) is 3.96. The minimum Gasteiger partial charge on any atom is -0.228 e. The van der Waals surface area contributed by atoms with E-state index >= 15 is 0 Å². The predicted molar refractivity (Wildman–Crippen MR) is 76.9 cm³/mol. The summed E-state index contributed by atoms with van der Waals surface area (Å²) in [7, 11) is -3.12. The first kappa shape index (κ1) is 13.3. The Kier molecular flexibility index (Phi) is 4.19. The molecule has 0 spiro atoms. The maximum atomic E-state index is 12.0. The first-order valence-electron chi connectivity index (χ1n) is 5.54. The van der Waals surface area contributed by atoms with E-state index in [2.05, 4.69) is 15.9 Å². The number of hydrogen-bond acceptors (Lipinski definition) is 2. The normalized spacial score (nSPS) is 11.4. The van der Waals surface area contributed by atoms with E-state index in [0.29, 0.717) is 0 Å². The largest absolute Gasteiger partial charge is 0.228 e. The molecule has 0 N–H and O–H groups in total. The van der Waals surface area contributed by atoms with Crippen molar-refractivity contribution in [3.05, 3.63) is 70.2 Å². The van der Waals surface area contributed by atoms with Gasteiger partial charge in [-0.15, -0.1) is 0 Å². The standard InChI is InChI=1S/C14H13BrO2S/c15-14-8-6-13(7-9-14)11-18(16,17)10-12-4-2-1-3-5-12/h1-9H,10-11H2. The molecule has 2 aromatic rings. The van der Waals surface area contributed by atoms with Gasteiger partial charge in [-0.25, -0.2) is 8.42 Å². The fourth-order valence-electron chi connectivity index (χ4n) is 1.71. The average molecular weight is 325 g/mol. The van der Waals surface area contributed by atoms with Gasteiger partial charge in [0.25, 0.3) is 0 Å². The second-order valence-electron chi connectivity index (χ2n) is 4.14. The molecule has 0 saturated heterocycles. The maximum Gasteiger partial charge on any atom is 0.158 e. The molecule has 0 aliphatic heterocycles. The first-order valence-corrected chi connectivity index (χ1v) is 8.15. The van der Waals surface area contributed by atoms with E-state index in [1.54, 1.807) is 0 Å². The monoisotopic (exact) mass is 324 g/mol. The summed E-state index contributed by atoms with van der Waals surface area (Å²) < 4.78 is 25.0. The highest BCUT2D eigenvalue weighted by Crippen LogP contribution is 2.15. The van der Waals surface area contributed by atoms with Gasteiger partial charge in [0, 0.05) is 4.47 Å². The number of rotatable bonds is 4. The van der Waals surface area contributed by atoms with Crippen molar-refractivity contribution in [2.45, 2.75) is 11.5 Å². The Morgan fingerprint density at radius 1 is 0.778 bits per heavy atom. The van der Waals surface area contributed by atoms with Crippen molar-refractivity contribution >= 4 is 25.8 Å². The maximum absolute atomic E-state index is 12.0. The number of benzene rings is 2. The third-order valence-corrected chi connectivity index (χ3v) is 4.60. The van der Waals surface area contributed by atoms with Gasteiger partial charge in [0.2, 0.25) is 0 Å². The Labute approximate surface area is 116 Å². The van der Waals surface area contributed by atoms with E-state index < -0.39 is 9.84 Å². The zero-order chi connectivity index (χ0) is 13.0. The molecule has 0 aliphatic rings. The first-order chi connectivity index (χ1) is 8.55. The fraction of sp³-hybridized carbons (Fsp3) is 0.143. The van der Waals surface area contributed by atoms with Gasteiger partial charge < -0.3 is 0 Å². The van der Waals surface area contributed by atoms with E-state index in [-0.39, 0.29) is 11.5 Å². The van der Waals surface area contributed by atoms with Crippen LogP contribution in [-0.4, -0.2) is 8.42 Å². The lowest BCUT2D eigenvalue weighted by Crippen LogP contribution is -2.07. The van der Waals surface area contributed by atoms with Crippen LogP contribution in [0.4, 0.5) is 0 Å². The zero-order valence-corrected chi connectivity index (χ0v) is 12.1. The lowest BCUT2D eigenvalue weighted by molar-refractivity contribution is 0.594. The van der Waals surface area contributed by atoms with Crippen LogP contribution in [0.1, 0.15) is 11.1 Å². The van der Waals surface area contributed by atoms with Gasteiger partial charge in [0.15, 0.2) is 9.84 Å². The van der Waals surface area contributed by atoms with Crippen LogP contribution in [0, 0.1) is 0 Å². The van der Waals surface area contributed by atoms with Crippen molar-refractivity contribution in [3.8, 4) is 0 Å². The van der Waals surface area contributed by atoms with E-state index in [1.165, 1.54) is 0 Å². The topological polar surface area (TPSA) is 34.1 Å². The molecule has 0 saturated carbocycles. The molecule has 4 heteroatoms. The van der Waals surface area contributed by atoms with Gasteiger partial charge in [-0.2, -0.15) is 0 Å². The molecule has 2 rings (SSSR count). The summed E-state index contributed by atoms with van der Waals surface area (Å²) in [5.74, 6) is 0.166. The van der Waals surface area contributed by atoms with Crippen molar-refractivity contribution in [3.63, 3.8) is 0 Å². The molecule has 18 heavy (non-hydrogen) atoms. The van der Waals surface area contributed by atoms with Crippen LogP contribution in [0.15, 0.2) is 59.1 Å². The van der Waals surface area contributed by atoms with Gasteiger partial charge in [-0.1, -0.05) is 58.4 Å². The van der Waals surface area contributed by atoms with Gasteiger partial charge in [-0.05, 0) is 23.3 Å². The second-order valence-corrected chi connectivity index (χ2v) is 7.12. The quantitative estimate of drug-likeness (QED) is 0.861. The van der Waals surface area contributed by atoms with Crippen LogP contribution in [0.25, 0.3) is 0 Å². The van der Waals surface area contributed by atoms with Crippen LogP contribution in [0.3, 0.4) is 0 Å². The minimum atomic E-state index is -3.12. The number of halogens is 1. The smallest absolute Gasteiger partial charge is 0.158 e. The molecule has 0 aliphatic carbocycles. The summed E-state index contributed by atoms with van der Waals surface area (Å²) in [4.78, 5) is 0. The lowest BCUT2D eigenvalue weighted by Gasteiger charge is -2.05. The Morgan fingerprint density at radius 3 is 1.83 bits per heavy atom. The molecule has 2 nitrogen and oxygen atoms in total. The average Bonchev–Trinajstić information content (AvgIpc) is 2.32. The summed E-state index contributed by atoms with van der Waals surface area (Å²) in [6.45, 7) is 0. The highest BCUT2D eigenvalue weighted by atomic mass is 79.9. The summed E-state index contributed by atoms with van der Waals surface area (Å²) >= 11 is 3.33. The van der Waals surface area contributed by atoms with Crippen LogP contribution >= 0.6 is 15.9 Å². The number of sulfone groups is 1. The molecule has 94 valence electrons. The molecule has 0 radical (unpaired) electrons. The molecule has 0 aromatic heterocycles. The SMILES string of the molecule is O=S(=O)(Cc1ccccc1)Cc1ccc(Br)cc1. The lowest BCUT2D eigenvalue weighted by atomic mass is 10.2. The molecule has 0 fully saturated rings. The molecule has 0 heterocycles. The van der Waals surface area contributed by atoms with Crippen molar-refractivity contribution < 1.29 is 8.42 Å². The molecular formula is C14H13BrO2S. The second kappa shape index (κ2) is 5.67. The molecule has 0 unspecified atom stereocenters. The van der Waals surface area contributed by atoms with Crippen LogP contribution in [-0.2, 0) is 21.3 Å². The van der Waals surface area contributed by atoms with Gasteiger partial charge in [-0.3, -0.25) is 0 Å². The van der Waals surface area contributed by atoms with Crippen LogP contribution < -0.4 is 0 Å². The van der Waals surface area contributed by atoms with E-state index in [9.17, 15) is 8.42 Å². The minimum absolute atomic E-state index is 0.0785. The highest BCUT2D eigenvalue weighted by Gasteiger charge is 2.12. The van der Waals surface area contributed by atoms with Crippen molar-refractivity contribution in [1.29, 1.82) is 0 Å². The van der Waals surface area contributed by atoms with Gasteiger partial charge in [0.05, 0.1) is 11.5 Å². The van der Waals surface area contributed by atoms with Crippen molar-refractivity contribution in [2.24, 2.45) is 0 Å². The molecule has 2 aromatic carbocycles. The Bertz CT molecular complexity index is 604. The fourth-order valence-corrected chi connectivity index (χ4v) is 3.48. The summed E-state index contributed by atoms with van der Waals surface area (Å²) in [6.07, 6.45) is 0. The zero-order valence-electron chi connectivity index (χ0n) is 9.71. The van der Waals surface area contributed by atoms with E-state index in [4.69, 9.17) is 0 Å². The summed E-state index contributed by atoms with van der Waals surface area (Å²) in [6, 6.07) is 16.6. The van der Waals surface area contributed by atoms with Gasteiger partial charge >= 0.3 is 0 Å². The Hall–Kier alpha value is -1.13. The summed E-state index contributed by atoms with van der Waals surface area (Å²) in [5, 5.41) is 0. The third-order valence-electron chi connectivity index (χ3n) is 2.53. The molecule has 0 atom stereocenters. The number of hydrogen-bond donors (Lipinski definition) is 0.